The van der Waals surface area contributed by atoms with Gasteiger partial charge in [0, 0.05) is 35.8 Å². The quantitative estimate of drug-likeness (QED) is 0.644. The van der Waals surface area contributed by atoms with E-state index in [1.54, 1.807) is 30.3 Å². The van der Waals surface area contributed by atoms with Gasteiger partial charge in [-0.25, -0.2) is 0 Å². The van der Waals surface area contributed by atoms with Crippen molar-refractivity contribution in [2.75, 3.05) is 14.1 Å². The van der Waals surface area contributed by atoms with Crippen molar-refractivity contribution in [3.63, 3.8) is 0 Å². The van der Waals surface area contributed by atoms with Crippen LogP contribution in [0, 0.1) is 0 Å². The zero-order valence-corrected chi connectivity index (χ0v) is 12.9. The summed E-state index contributed by atoms with van der Waals surface area (Å²) in [5, 5.41) is 0.327. The fourth-order valence-electron chi connectivity index (χ4n) is 1.97. The fraction of sp³-hybridized carbons (Fsp3) is 0.118. The average molecular weight is 316 g/mol. The highest BCUT2D eigenvalue weighted by molar-refractivity contribution is 6.44. The van der Waals surface area contributed by atoms with Gasteiger partial charge in [0.1, 0.15) is 0 Å². The third-order valence-electron chi connectivity index (χ3n) is 3.11. The molecule has 112 valence electrons. The van der Waals surface area contributed by atoms with Crippen LogP contribution in [0.2, 0.25) is 5.02 Å². The maximum absolute atomic E-state index is 12.6. The van der Waals surface area contributed by atoms with Gasteiger partial charge in [-0.1, -0.05) is 41.9 Å². The summed E-state index contributed by atoms with van der Waals surface area (Å²) in [6.07, 6.45) is 0. The van der Waals surface area contributed by atoms with Crippen LogP contribution < -0.4 is 0 Å². The first-order valence-corrected chi connectivity index (χ1v) is 6.95. The predicted molar refractivity (Wildman–Crippen MR) is 84.4 cm³/mol. The Labute approximate surface area is 133 Å². The Morgan fingerprint density at radius 2 is 1.55 bits per heavy atom. The van der Waals surface area contributed by atoms with Crippen LogP contribution in [-0.2, 0) is 4.79 Å². The number of carbonyl (C=O) groups is 3. The van der Waals surface area contributed by atoms with Crippen LogP contribution in [0.15, 0.2) is 48.5 Å². The van der Waals surface area contributed by atoms with Crippen molar-refractivity contribution in [3.05, 3.63) is 70.2 Å². The molecule has 0 N–H and O–H groups in total. The van der Waals surface area contributed by atoms with Crippen LogP contribution in [-0.4, -0.2) is 36.5 Å². The van der Waals surface area contributed by atoms with Crippen molar-refractivity contribution in [3.8, 4) is 0 Å². The Bertz CT molecular complexity index is 739. The molecule has 0 bridgehead atoms. The van der Waals surface area contributed by atoms with Crippen LogP contribution in [0.5, 0.6) is 0 Å². The van der Waals surface area contributed by atoms with E-state index >= 15 is 0 Å². The Balaban J connectivity index is 2.52. The largest absolute Gasteiger partial charge is 0.342 e. The van der Waals surface area contributed by atoms with Gasteiger partial charge in [0.25, 0.3) is 11.7 Å². The van der Waals surface area contributed by atoms with E-state index in [0.717, 1.165) is 0 Å². The lowest BCUT2D eigenvalue weighted by molar-refractivity contribution is -0.124. The summed E-state index contributed by atoms with van der Waals surface area (Å²) in [6.45, 7) is 0. The van der Waals surface area contributed by atoms with E-state index in [2.05, 4.69) is 0 Å². The van der Waals surface area contributed by atoms with Crippen molar-refractivity contribution in [1.82, 2.24) is 4.90 Å². The summed E-state index contributed by atoms with van der Waals surface area (Å²) in [5.74, 6) is -1.77. The molecule has 0 radical (unpaired) electrons. The second kappa shape index (κ2) is 6.54. The third-order valence-corrected chi connectivity index (χ3v) is 3.34. The molecule has 2 aromatic carbocycles. The topological polar surface area (TPSA) is 54.5 Å². The van der Waals surface area contributed by atoms with Gasteiger partial charge in [-0.3, -0.25) is 14.4 Å². The second-order valence-electron chi connectivity index (χ2n) is 4.91. The summed E-state index contributed by atoms with van der Waals surface area (Å²) in [6, 6.07) is 12.8. The van der Waals surface area contributed by atoms with Crippen molar-refractivity contribution >= 4 is 29.1 Å². The van der Waals surface area contributed by atoms with E-state index in [1.165, 1.54) is 37.2 Å². The number of nitrogens with zero attached hydrogens (tertiary/aromatic N) is 1. The van der Waals surface area contributed by atoms with E-state index in [4.69, 9.17) is 11.6 Å². The molecule has 0 atom stereocenters. The van der Waals surface area contributed by atoms with Gasteiger partial charge >= 0.3 is 0 Å². The number of amides is 1. The molecule has 0 aliphatic heterocycles. The van der Waals surface area contributed by atoms with Crippen molar-refractivity contribution in [1.29, 1.82) is 0 Å². The number of rotatable bonds is 4. The minimum Gasteiger partial charge on any atom is -0.342 e. The zero-order chi connectivity index (χ0) is 16.3. The first-order valence-electron chi connectivity index (χ1n) is 6.57. The molecule has 0 aromatic heterocycles. The Morgan fingerprint density at radius 1 is 0.909 bits per heavy atom. The number of benzene rings is 2. The summed E-state index contributed by atoms with van der Waals surface area (Å²) < 4.78 is 0. The highest BCUT2D eigenvalue weighted by Gasteiger charge is 2.24. The molecule has 0 saturated carbocycles. The highest BCUT2D eigenvalue weighted by Crippen LogP contribution is 2.20. The monoisotopic (exact) mass is 315 g/mol. The molecular weight excluding hydrogens is 302 g/mol. The van der Waals surface area contributed by atoms with Crippen molar-refractivity contribution in [2.24, 2.45) is 0 Å². The third kappa shape index (κ3) is 3.23. The number of Topliss-reactive ketones (excluding diaryl/α,β-unsaturated/α-hetero) is 1. The molecule has 0 fully saturated rings. The number of ketones is 2. The summed E-state index contributed by atoms with van der Waals surface area (Å²) in [4.78, 5) is 37.9. The number of hydrogen-bond donors (Lipinski definition) is 0. The Morgan fingerprint density at radius 3 is 2.14 bits per heavy atom. The van der Waals surface area contributed by atoms with Gasteiger partial charge in [0.2, 0.25) is 0 Å². The smallest absolute Gasteiger partial charge is 0.294 e. The molecule has 0 aliphatic carbocycles. The van der Waals surface area contributed by atoms with Crippen LogP contribution in [0.1, 0.15) is 26.3 Å². The molecule has 0 heterocycles. The summed E-state index contributed by atoms with van der Waals surface area (Å²) in [7, 11) is 2.96. The van der Waals surface area contributed by atoms with Gasteiger partial charge in [0.15, 0.2) is 5.78 Å². The van der Waals surface area contributed by atoms with Crippen molar-refractivity contribution < 1.29 is 14.4 Å². The molecular formula is C17H14ClNO3. The standard InChI is InChI=1S/C17H14ClNO3/c1-19(2)17(22)16(21)13-9-8-12(18)10-14(13)15(20)11-6-4-3-5-7-11/h3-10H,1-2H3. The molecule has 5 heteroatoms. The molecule has 0 aliphatic rings. The molecule has 1 amide bonds. The minimum absolute atomic E-state index is 0.0527. The van der Waals surface area contributed by atoms with Gasteiger partial charge < -0.3 is 4.90 Å². The van der Waals surface area contributed by atoms with Crippen LogP contribution in [0.4, 0.5) is 0 Å². The van der Waals surface area contributed by atoms with E-state index < -0.39 is 11.7 Å². The Kier molecular flexibility index (Phi) is 4.73. The maximum Gasteiger partial charge on any atom is 0.294 e. The number of halogens is 1. The lowest BCUT2D eigenvalue weighted by Crippen LogP contribution is -2.31. The van der Waals surface area contributed by atoms with E-state index in [1.807, 2.05) is 0 Å². The first-order chi connectivity index (χ1) is 10.4. The maximum atomic E-state index is 12.6. The molecule has 2 aromatic rings. The minimum atomic E-state index is -0.735. The van der Waals surface area contributed by atoms with E-state index in [0.29, 0.717) is 10.6 Å². The highest BCUT2D eigenvalue weighted by atomic mass is 35.5. The zero-order valence-electron chi connectivity index (χ0n) is 12.2. The van der Waals surface area contributed by atoms with Crippen LogP contribution >= 0.6 is 11.6 Å². The Hall–Kier alpha value is -2.46. The van der Waals surface area contributed by atoms with Crippen LogP contribution in [0.3, 0.4) is 0 Å². The summed E-state index contributed by atoms with van der Waals surface area (Å²) >= 11 is 5.94. The van der Waals surface area contributed by atoms with Crippen LogP contribution in [0.25, 0.3) is 0 Å². The molecule has 4 nitrogen and oxygen atoms in total. The summed E-state index contributed by atoms with van der Waals surface area (Å²) in [5.41, 5.74) is 0.604. The molecule has 22 heavy (non-hydrogen) atoms. The normalized spacial score (nSPS) is 10.1. The number of hydrogen-bond acceptors (Lipinski definition) is 3. The average Bonchev–Trinajstić information content (AvgIpc) is 2.53. The lowest BCUT2D eigenvalue weighted by Gasteiger charge is -2.12. The lowest BCUT2D eigenvalue weighted by atomic mass is 9.95. The van der Waals surface area contributed by atoms with E-state index in [-0.39, 0.29) is 16.9 Å². The number of carbonyl (C=O) groups excluding carboxylic acids is 3. The van der Waals surface area contributed by atoms with Gasteiger partial charge in [-0.15, -0.1) is 0 Å². The van der Waals surface area contributed by atoms with Gasteiger partial charge in [-0.05, 0) is 18.2 Å². The van der Waals surface area contributed by atoms with E-state index in [9.17, 15) is 14.4 Å². The fourth-order valence-corrected chi connectivity index (χ4v) is 2.14. The molecule has 0 unspecified atom stereocenters. The number of likely N-dealkylation sites (N-methyl/N-ethyl adjacent to an activating group) is 1. The SMILES string of the molecule is CN(C)C(=O)C(=O)c1ccc(Cl)cc1C(=O)c1ccccc1. The van der Waals surface area contributed by atoms with Gasteiger partial charge in [-0.2, -0.15) is 0 Å². The predicted octanol–water partition coefficient (Wildman–Crippen LogP) is 2.84. The molecule has 0 spiro atoms. The van der Waals surface area contributed by atoms with Gasteiger partial charge in [0.05, 0.1) is 0 Å². The van der Waals surface area contributed by atoms with Crippen molar-refractivity contribution in [2.45, 2.75) is 0 Å². The first kappa shape index (κ1) is 15.9. The molecule has 0 saturated heterocycles. The second-order valence-corrected chi connectivity index (χ2v) is 5.35. The molecule has 2 rings (SSSR count).